The monoisotopic (exact) mass is 275 g/mol. The predicted octanol–water partition coefficient (Wildman–Crippen LogP) is 2.05. The summed E-state index contributed by atoms with van der Waals surface area (Å²) in [5.41, 5.74) is 6.37. The standard InChI is InChI=1S/C14H17N3O3/c15-8-11-12(16)5-3-6-13(11)20-9-10-4-1-2-7-17(10)14(18)19/h3,5-6,10H,1-2,4,7,9,16H2,(H,18,19). The minimum Gasteiger partial charge on any atom is -0.490 e. The Bertz CT molecular complexity index is 539. The van der Waals surface area contributed by atoms with Crippen LogP contribution in [0.3, 0.4) is 0 Å². The fourth-order valence-electron chi connectivity index (χ4n) is 2.40. The number of amides is 1. The lowest BCUT2D eigenvalue weighted by atomic mass is 10.0. The maximum absolute atomic E-state index is 11.2. The summed E-state index contributed by atoms with van der Waals surface area (Å²) in [4.78, 5) is 12.6. The highest BCUT2D eigenvalue weighted by atomic mass is 16.5. The molecule has 6 nitrogen and oxygen atoms in total. The summed E-state index contributed by atoms with van der Waals surface area (Å²) in [7, 11) is 0. The maximum atomic E-state index is 11.2. The Balaban J connectivity index is 2.06. The van der Waals surface area contributed by atoms with Gasteiger partial charge in [-0.1, -0.05) is 6.07 Å². The SMILES string of the molecule is N#Cc1c(N)cccc1OCC1CCCCN1C(=O)O. The van der Waals surface area contributed by atoms with Gasteiger partial charge in [0, 0.05) is 6.54 Å². The van der Waals surface area contributed by atoms with Gasteiger partial charge in [0.1, 0.15) is 24.0 Å². The van der Waals surface area contributed by atoms with Crippen molar-refractivity contribution in [3.63, 3.8) is 0 Å². The second-order valence-electron chi connectivity index (χ2n) is 4.77. The number of nitrogen functional groups attached to an aromatic ring is 1. The molecule has 1 unspecified atom stereocenters. The minimum atomic E-state index is -0.925. The molecule has 6 heteroatoms. The molecule has 1 amide bonds. The third-order valence-corrected chi connectivity index (χ3v) is 3.47. The van der Waals surface area contributed by atoms with Gasteiger partial charge in [0.2, 0.25) is 0 Å². The first-order valence-electron chi connectivity index (χ1n) is 6.54. The number of rotatable bonds is 3. The fraction of sp³-hybridized carbons (Fsp3) is 0.429. The number of carbonyl (C=O) groups is 1. The van der Waals surface area contributed by atoms with Crippen molar-refractivity contribution in [3.05, 3.63) is 23.8 Å². The number of nitriles is 1. The quantitative estimate of drug-likeness (QED) is 0.822. The molecule has 1 aliphatic heterocycles. The van der Waals surface area contributed by atoms with Crippen LogP contribution in [0.5, 0.6) is 5.75 Å². The molecule has 0 aromatic heterocycles. The second kappa shape index (κ2) is 6.15. The van der Waals surface area contributed by atoms with E-state index in [0.717, 1.165) is 19.3 Å². The van der Waals surface area contributed by atoms with Crippen molar-refractivity contribution in [2.45, 2.75) is 25.3 Å². The van der Waals surface area contributed by atoms with Crippen LogP contribution < -0.4 is 10.5 Å². The molecule has 1 aliphatic rings. The van der Waals surface area contributed by atoms with Gasteiger partial charge in [-0.25, -0.2) is 4.79 Å². The number of carboxylic acid groups (broad SMARTS) is 1. The lowest BCUT2D eigenvalue weighted by Gasteiger charge is -2.33. The summed E-state index contributed by atoms with van der Waals surface area (Å²) in [6, 6.07) is 6.85. The van der Waals surface area contributed by atoms with Crippen LogP contribution in [0.1, 0.15) is 24.8 Å². The van der Waals surface area contributed by atoms with Crippen LogP contribution in [-0.4, -0.2) is 35.3 Å². The normalized spacial score (nSPS) is 18.4. The Labute approximate surface area is 117 Å². The van der Waals surface area contributed by atoms with Gasteiger partial charge in [0.05, 0.1) is 11.7 Å². The van der Waals surface area contributed by atoms with Gasteiger partial charge in [-0.15, -0.1) is 0 Å². The molecule has 2 rings (SSSR count). The lowest BCUT2D eigenvalue weighted by molar-refractivity contribution is 0.0837. The van der Waals surface area contributed by atoms with Gasteiger partial charge >= 0.3 is 6.09 Å². The van der Waals surface area contributed by atoms with Crippen molar-refractivity contribution in [2.75, 3.05) is 18.9 Å². The molecule has 20 heavy (non-hydrogen) atoms. The summed E-state index contributed by atoms with van der Waals surface area (Å²) in [6.07, 6.45) is 1.72. The molecule has 1 heterocycles. The number of piperidine rings is 1. The third-order valence-electron chi connectivity index (χ3n) is 3.47. The average molecular weight is 275 g/mol. The summed E-state index contributed by atoms with van der Waals surface area (Å²) in [5, 5.41) is 18.2. The van der Waals surface area contributed by atoms with Crippen LogP contribution in [0.25, 0.3) is 0 Å². The van der Waals surface area contributed by atoms with Crippen molar-refractivity contribution in [1.29, 1.82) is 5.26 Å². The highest BCUT2D eigenvalue weighted by Gasteiger charge is 2.27. The van der Waals surface area contributed by atoms with Gasteiger partial charge in [-0.05, 0) is 31.4 Å². The van der Waals surface area contributed by atoms with Crippen molar-refractivity contribution in [1.82, 2.24) is 4.90 Å². The van der Waals surface area contributed by atoms with E-state index in [1.807, 2.05) is 6.07 Å². The van der Waals surface area contributed by atoms with Crippen molar-refractivity contribution in [3.8, 4) is 11.8 Å². The largest absolute Gasteiger partial charge is 0.490 e. The number of nitrogens with two attached hydrogens (primary N) is 1. The zero-order valence-corrected chi connectivity index (χ0v) is 11.1. The predicted molar refractivity (Wildman–Crippen MR) is 73.4 cm³/mol. The Morgan fingerprint density at radius 1 is 1.55 bits per heavy atom. The second-order valence-corrected chi connectivity index (χ2v) is 4.77. The highest BCUT2D eigenvalue weighted by Crippen LogP contribution is 2.25. The third kappa shape index (κ3) is 2.94. The van der Waals surface area contributed by atoms with E-state index in [1.54, 1.807) is 18.2 Å². The first-order chi connectivity index (χ1) is 9.63. The molecule has 1 atom stereocenters. The summed E-state index contributed by atoms with van der Waals surface area (Å²) >= 11 is 0. The van der Waals surface area contributed by atoms with Crippen LogP contribution in [-0.2, 0) is 0 Å². The first-order valence-corrected chi connectivity index (χ1v) is 6.54. The van der Waals surface area contributed by atoms with E-state index < -0.39 is 6.09 Å². The molecule has 0 radical (unpaired) electrons. The number of hydrogen-bond acceptors (Lipinski definition) is 4. The van der Waals surface area contributed by atoms with Crippen molar-refractivity contribution in [2.24, 2.45) is 0 Å². The van der Waals surface area contributed by atoms with Crippen LogP contribution in [0.4, 0.5) is 10.5 Å². The molecular formula is C14H17N3O3. The van der Waals surface area contributed by atoms with Crippen LogP contribution in [0.15, 0.2) is 18.2 Å². The molecule has 0 spiro atoms. The Hall–Kier alpha value is -2.42. The van der Waals surface area contributed by atoms with Crippen molar-refractivity contribution < 1.29 is 14.6 Å². The fourth-order valence-corrected chi connectivity index (χ4v) is 2.40. The lowest BCUT2D eigenvalue weighted by Crippen LogP contribution is -2.46. The van der Waals surface area contributed by atoms with Gasteiger partial charge in [-0.2, -0.15) is 5.26 Å². The van der Waals surface area contributed by atoms with E-state index in [2.05, 4.69) is 0 Å². The number of likely N-dealkylation sites (tertiary alicyclic amines) is 1. The zero-order valence-electron chi connectivity index (χ0n) is 11.1. The molecule has 0 bridgehead atoms. The van der Waals surface area contributed by atoms with E-state index in [1.165, 1.54) is 4.90 Å². The molecule has 3 N–H and O–H groups in total. The smallest absolute Gasteiger partial charge is 0.407 e. The van der Waals surface area contributed by atoms with Crippen LogP contribution in [0, 0.1) is 11.3 Å². The molecular weight excluding hydrogens is 258 g/mol. The molecule has 0 aliphatic carbocycles. The van der Waals surface area contributed by atoms with Gasteiger partial charge in [0.15, 0.2) is 0 Å². The molecule has 106 valence electrons. The Morgan fingerprint density at radius 3 is 3.05 bits per heavy atom. The summed E-state index contributed by atoms with van der Waals surface area (Å²) < 4.78 is 5.62. The maximum Gasteiger partial charge on any atom is 0.407 e. The number of hydrogen-bond donors (Lipinski definition) is 2. The van der Waals surface area contributed by atoms with Gasteiger partial charge in [-0.3, -0.25) is 0 Å². The van der Waals surface area contributed by atoms with Crippen LogP contribution >= 0.6 is 0 Å². The summed E-state index contributed by atoms with van der Waals surface area (Å²) in [5.74, 6) is 0.406. The van der Waals surface area contributed by atoms with E-state index in [-0.39, 0.29) is 12.6 Å². The molecule has 0 saturated carbocycles. The Morgan fingerprint density at radius 2 is 2.35 bits per heavy atom. The van der Waals surface area contributed by atoms with E-state index in [0.29, 0.717) is 23.5 Å². The van der Waals surface area contributed by atoms with E-state index in [9.17, 15) is 4.79 Å². The number of ether oxygens (including phenoxy) is 1. The zero-order chi connectivity index (χ0) is 14.5. The highest BCUT2D eigenvalue weighted by molar-refractivity contribution is 5.65. The van der Waals surface area contributed by atoms with E-state index >= 15 is 0 Å². The molecule has 1 aromatic rings. The number of benzene rings is 1. The Kier molecular flexibility index (Phi) is 4.31. The summed E-state index contributed by atoms with van der Waals surface area (Å²) in [6.45, 7) is 0.774. The topological polar surface area (TPSA) is 99.6 Å². The number of nitrogens with zero attached hydrogens (tertiary/aromatic N) is 2. The van der Waals surface area contributed by atoms with E-state index in [4.69, 9.17) is 20.8 Å². The molecule has 1 fully saturated rings. The minimum absolute atomic E-state index is 0.172. The van der Waals surface area contributed by atoms with Gasteiger partial charge in [0.25, 0.3) is 0 Å². The van der Waals surface area contributed by atoms with Crippen LogP contribution in [0.2, 0.25) is 0 Å². The average Bonchev–Trinajstić information content (AvgIpc) is 2.45. The molecule has 1 aromatic carbocycles. The van der Waals surface area contributed by atoms with Gasteiger partial charge < -0.3 is 20.5 Å². The first kappa shape index (κ1) is 14.0. The molecule has 1 saturated heterocycles. The number of anilines is 1. The van der Waals surface area contributed by atoms with Crippen molar-refractivity contribution >= 4 is 11.8 Å².